The minimum absolute atomic E-state index is 0.0448. The molecule has 9 nitrogen and oxygen atoms in total. The second-order valence-electron chi connectivity index (χ2n) is 5.52. The number of rotatable bonds is 6. The Kier molecular flexibility index (Phi) is 6.25. The number of hydrogen-bond acceptors (Lipinski definition) is 6. The third-order valence-corrected chi connectivity index (χ3v) is 7.06. The number of carbonyl (C=O) groups is 1. The number of nitrogens with two attached hydrogens (primary N) is 1. The molecule has 2 rings (SSSR count). The van der Waals surface area contributed by atoms with Crippen molar-refractivity contribution < 1.29 is 26.0 Å². The van der Waals surface area contributed by atoms with Gasteiger partial charge in [0.05, 0.1) is 16.2 Å². The molecule has 0 aliphatic carbocycles. The van der Waals surface area contributed by atoms with E-state index in [0.717, 1.165) is 33.1 Å². The van der Waals surface area contributed by atoms with Gasteiger partial charge in [-0.2, -0.15) is 8.61 Å². The zero-order chi connectivity index (χ0) is 19.7. The van der Waals surface area contributed by atoms with Gasteiger partial charge >= 0.3 is 0 Å². The summed E-state index contributed by atoms with van der Waals surface area (Å²) in [7, 11) is -8.17. The SMILES string of the molecule is CS(=O)(=O)N1CCN(S(=O)(=O)c2ccc(F)c(Cl)c2)C1C(=O)NCCN. The lowest BCUT2D eigenvalue weighted by Gasteiger charge is -2.27. The van der Waals surface area contributed by atoms with Crippen LogP contribution in [0, 0.1) is 5.82 Å². The minimum atomic E-state index is -4.31. The predicted molar refractivity (Wildman–Crippen MR) is 92.7 cm³/mol. The molecule has 0 radical (unpaired) electrons. The maximum atomic E-state index is 13.3. The van der Waals surface area contributed by atoms with Gasteiger partial charge in [-0.1, -0.05) is 11.6 Å². The van der Waals surface area contributed by atoms with Crippen molar-refractivity contribution in [3.05, 3.63) is 29.0 Å². The Hall–Kier alpha value is -1.31. The average Bonchev–Trinajstić information content (AvgIpc) is 3.01. The van der Waals surface area contributed by atoms with Crippen molar-refractivity contribution in [2.75, 3.05) is 32.4 Å². The van der Waals surface area contributed by atoms with Gasteiger partial charge in [0.2, 0.25) is 20.0 Å². The topological polar surface area (TPSA) is 130 Å². The molecule has 13 heteroatoms. The van der Waals surface area contributed by atoms with Gasteiger partial charge < -0.3 is 11.1 Å². The third kappa shape index (κ3) is 4.15. The highest BCUT2D eigenvalue weighted by molar-refractivity contribution is 7.89. The number of hydrogen-bond donors (Lipinski definition) is 2. The Bertz CT molecular complexity index is 909. The number of sulfonamides is 2. The number of halogens is 2. The summed E-state index contributed by atoms with van der Waals surface area (Å²) < 4.78 is 64.5. The zero-order valence-corrected chi connectivity index (χ0v) is 16.1. The van der Waals surface area contributed by atoms with Crippen LogP contribution in [0.3, 0.4) is 0 Å². The molecule has 0 saturated carbocycles. The molecule has 0 bridgehead atoms. The van der Waals surface area contributed by atoms with Gasteiger partial charge in [0.1, 0.15) is 5.82 Å². The molecular weight excluding hydrogens is 411 g/mol. The minimum Gasteiger partial charge on any atom is -0.352 e. The highest BCUT2D eigenvalue weighted by Gasteiger charge is 2.47. The smallest absolute Gasteiger partial charge is 0.254 e. The van der Waals surface area contributed by atoms with Crippen LogP contribution in [0.25, 0.3) is 0 Å². The van der Waals surface area contributed by atoms with E-state index in [0.29, 0.717) is 0 Å². The highest BCUT2D eigenvalue weighted by Crippen LogP contribution is 2.28. The fraction of sp³-hybridized carbons (Fsp3) is 0.462. The first-order chi connectivity index (χ1) is 12.0. The molecule has 3 N–H and O–H groups in total. The molecule has 1 atom stereocenters. The van der Waals surface area contributed by atoms with Crippen LogP contribution < -0.4 is 11.1 Å². The first-order valence-electron chi connectivity index (χ1n) is 7.41. The van der Waals surface area contributed by atoms with Crippen LogP contribution in [-0.4, -0.2) is 70.0 Å². The van der Waals surface area contributed by atoms with E-state index in [1.165, 1.54) is 0 Å². The number of carbonyl (C=O) groups excluding carboxylic acids is 1. The maximum absolute atomic E-state index is 13.3. The second kappa shape index (κ2) is 7.74. The number of nitrogens with zero attached hydrogens (tertiary/aromatic N) is 2. The molecule has 0 spiro atoms. The Balaban J connectivity index is 2.47. The van der Waals surface area contributed by atoms with Crippen molar-refractivity contribution in [1.29, 1.82) is 0 Å². The highest BCUT2D eigenvalue weighted by atomic mass is 35.5. The monoisotopic (exact) mass is 428 g/mol. The molecular formula is C13H18ClFN4O5S2. The predicted octanol–water partition coefficient (Wildman–Crippen LogP) is -0.854. The van der Waals surface area contributed by atoms with Gasteiger partial charge in [-0.3, -0.25) is 4.79 Å². The standard InChI is InChI=1S/C13H18ClFN4O5S2/c1-25(21,22)18-6-7-19(13(18)12(20)17-5-4-16)26(23,24)9-2-3-11(15)10(14)8-9/h2-3,8,13H,4-7,16H2,1H3,(H,17,20). The molecule has 1 fully saturated rings. The first kappa shape index (κ1) is 21.0. The summed E-state index contributed by atoms with van der Waals surface area (Å²) in [5.74, 6) is -1.63. The van der Waals surface area contributed by atoms with E-state index >= 15 is 0 Å². The van der Waals surface area contributed by atoms with E-state index in [4.69, 9.17) is 17.3 Å². The van der Waals surface area contributed by atoms with Crippen molar-refractivity contribution in [3.8, 4) is 0 Å². The average molecular weight is 429 g/mol. The van der Waals surface area contributed by atoms with Gasteiger partial charge in [0, 0.05) is 26.2 Å². The van der Waals surface area contributed by atoms with E-state index in [1.54, 1.807) is 0 Å². The number of nitrogens with one attached hydrogen (secondary N) is 1. The Morgan fingerprint density at radius 1 is 1.31 bits per heavy atom. The van der Waals surface area contributed by atoms with Crippen LogP contribution in [0.4, 0.5) is 4.39 Å². The summed E-state index contributed by atoms with van der Waals surface area (Å²) in [5.41, 5.74) is 5.31. The molecule has 1 aromatic rings. The lowest BCUT2D eigenvalue weighted by Crippen LogP contribution is -2.54. The van der Waals surface area contributed by atoms with Gasteiger partial charge in [-0.05, 0) is 18.2 Å². The molecule has 1 saturated heterocycles. The van der Waals surface area contributed by atoms with Crippen molar-refractivity contribution >= 4 is 37.6 Å². The summed E-state index contributed by atoms with van der Waals surface area (Å²) in [6.07, 6.45) is -0.730. The molecule has 1 heterocycles. The van der Waals surface area contributed by atoms with E-state index in [9.17, 15) is 26.0 Å². The quantitative estimate of drug-likeness (QED) is 0.606. The normalized spacial score (nSPS) is 19.6. The van der Waals surface area contributed by atoms with Crippen LogP contribution in [-0.2, 0) is 24.8 Å². The Morgan fingerprint density at radius 2 is 1.92 bits per heavy atom. The van der Waals surface area contributed by atoms with Crippen molar-refractivity contribution in [3.63, 3.8) is 0 Å². The van der Waals surface area contributed by atoms with Crippen LogP contribution in [0.15, 0.2) is 23.1 Å². The Labute approximate surface area is 156 Å². The zero-order valence-electron chi connectivity index (χ0n) is 13.7. The molecule has 0 aromatic heterocycles. The van der Waals surface area contributed by atoms with Gasteiger partial charge in [0.15, 0.2) is 6.17 Å². The van der Waals surface area contributed by atoms with Crippen LogP contribution in [0.2, 0.25) is 5.02 Å². The molecule has 1 amide bonds. The second-order valence-corrected chi connectivity index (χ2v) is 9.75. The van der Waals surface area contributed by atoms with Crippen molar-refractivity contribution in [2.24, 2.45) is 5.73 Å². The van der Waals surface area contributed by atoms with Gasteiger partial charge in [0.25, 0.3) is 5.91 Å². The van der Waals surface area contributed by atoms with E-state index in [1.807, 2.05) is 0 Å². The summed E-state index contributed by atoms with van der Waals surface area (Å²) in [6.45, 7) is -0.306. The summed E-state index contributed by atoms with van der Waals surface area (Å²) in [6, 6.07) is 2.78. The van der Waals surface area contributed by atoms with Crippen LogP contribution in [0.5, 0.6) is 0 Å². The fourth-order valence-electron chi connectivity index (χ4n) is 2.51. The molecule has 1 aromatic carbocycles. The van der Waals surface area contributed by atoms with Gasteiger partial charge in [-0.15, -0.1) is 0 Å². The van der Waals surface area contributed by atoms with Crippen LogP contribution in [0.1, 0.15) is 0 Å². The molecule has 1 unspecified atom stereocenters. The molecule has 1 aliphatic heterocycles. The first-order valence-corrected chi connectivity index (χ1v) is 11.1. The Morgan fingerprint density at radius 3 is 2.46 bits per heavy atom. The van der Waals surface area contributed by atoms with Crippen molar-refractivity contribution in [1.82, 2.24) is 13.9 Å². The maximum Gasteiger partial charge on any atom is 0.254 e. The van der Waals surface area contributed by atoms with Crippen molar-refractivity contribution in [2.45, 2.75) is 11.1 Å². The third-order valence-electron chi connectivity index (χ3n) is 3.69. The van der Waals surface area contributed by atoms with E-state index in [-0.39, 0.29) is 31.1 Å². The van der Waals surface area contributed by atoms with Gasteiger partial charge in [-0.25, -0.2) is 21.2 Å². The lowest BCUT2D eigenvalue weighted by atomic mass is 10.3. The molecule has 1 aliphatic rings. The largest absolute Gasteiger partial charge is 0.352 e. The fourth-order valence-corrected chi connectivity index (χ4v) is 5.37. The number of amides is 1. The summed E-state index contributed by atoms with van der Waals surface area (Å²) in [4.78, 5) is 12.1. The van der Waals surface area contributed by atoms with E-state index in [2.05, 4.69) is 5.32 Å². The molecule has 26 heavy (non-hydrogen) atoms. The molecule has 146 valence electrons. The van der Waals surface area contributed by atoms with E-state index < -0.39 is 43.0 Å². The van der Waals surface area contributed by atoms with Crippen LogP contribution >= 0.6 is 11.6 Å². The summed E-state index contributed by atoms with van der Waals surface area (Å²) in [5, 5.41) is 1.98. The lowest BCUT2D eigenvalue weighted by molar-refractivity contribution is -0.126. The summed E-state index contributed by atoms with van der Waals surface area (Å²) >= 11 is 5.64. The number of benzene rings is 1.